The van der Waals surface area contributed by atoms with Crippen molar-refractivity contribution in [3.63, 3.8) is 0 Å². The molecule has 2 rings (SSSR count). The summed E-state index contributed by atoms with van der Waals surface area (Å²) in [4.78, 5) is 0. The Bertz CT molecular complexity index is 288. The summed E-state index contributed by atoms with van der Waals surface area (Å²) in [5.41, 5.74) is 1.36. The van der Waals surface area contributed by atoms with Crippen molar-refractivity contribution < 1.29 is 4.74 Å². The summed E-state index contributed by atoms with van der Waals surface area (Å²) in [7, 11) is 0. The first-order valence-electron chi connectivity index (χ1n) is 5.22. The summed E-state index contributed by atoms with van der Waals surface area (Å²) in [5, 5.41) is 3.28. The molecule has 2 heteroatoms. The Balaban J connectivity index is 1.92. The van der Waals surface area contributed by atoms with Gasteiger partial charge in [-0.3, -0.25) is 0 Å². The number of benzene rings is 1. The second-order valence-electron chi connectivity index (χ2n) is 4.23. The number of nitrogens with one attached hydrogen (secondary N) is 1. The minimum atomic E-state index is 0.583. The minimum Gasteiger partial charge on any atom is -0.493 e. The lowest BCUT2D eigenvalue weighted by molar-refractivity contribution is 0.271. The molecule has 14 heavy (non-hydrogen) atoms. The monoisotopic (exact) mass is 191 g/mol. The van der Waals surface area contributed by atoms with Crippen molar-refractivity contribution in [2.45, 2.75) is 19.9 Å². The lowest BCUT2D eigenvalue weighted by atomic mass is 10.1. The SMILES string of the molecule is CC(C)COc1ccc([C@H]2CN2)cc1. The molecule has 1 atom stereocenters. The van der Waals surface area contributed by atoms with E-state index >= 15 is 0 Å². The molecular formula is C12H17NO. The topological polar surface area (TPSA) is 31.2 Å². The number of ether oxygens (including phenoxy) is 1. The lowest BCUT2D eigenvalue weighted by Gasteiger charge is -2.08. The Hall–Kier alpha value is -1.02. The average molecular weight is 191 g/mol. The largest absolute Gasteiger partial charge is 0.493 e. The predicted molar refractivity (Wildman–Crippen MR) is 57.5 cm³/mol. The van der Waals surface area contributed by atoms with Gasteiger partial charge in [0.25, 0.3) is 0 Å². The molecule has 1 heterocycles. The van der Waals surface area contributed by atoms with Gasteiger partial charge in [0, 0.05) is 12.6 Å². The first-order chi connectivity index (χ1) is 6.75. The normalized spacial score (nSPS) is 19.8. The fraction of sp³-hybridized carbons (Fsp3) is 0.500. The Morgan fingerprint density at radius 2 is 2.00 bits per heavy atom. The van der Waals surface area contributed by atoms with Crippen LogP contribution in [0.25, 0.3) is 0 Å². The number of rotatable bonds is 4. The summed E-state index contributed by atoms with van der Waals surface area (Å²) in [6.07, 6.45) is 0. The molecule has 1 aliphatic rings. The first-order valence-corrected chi connectivity index (χ1v) is 5.22. The van der Waals surface area contributed by atoms with Crippen LogP contribution >= 0.6 is 0 Å². The van der Waals surface area contributed by atoms with E-state index in [1.54, 1.807) is 0 Å². The Morgan fingerprint density at radius 1 is 1.36 bits per heavy atom. The molecule has 0 spiro atoms. The quantitative estimate of drug-likeness (QED) is 0.741. The molecule has 1 saturated heterocycles. The highest BCUT2D eigenvalue weighted by Gasteiger charge is 2.21. The van der Waals surface area contributed by atoms with Crippen molar-refractivity contribution in [1.82, 2.24) is 5.32 Å². The Labute approximate surface area is 85.3 Å². The maximum atomic E-state index is 5.60. The van der Waals surface area contributed by atoms with Gasteiger partial charge in [0.1, 0.15) is 5.75 Å². The number of hydrogen-bond acceptors (Lipinski definition) is 2. The van der Waals surface area contributed by atoms with Crippen molar-refractivity contribution in [2.24, 2.45) is 5.92 Å². The summed E-state index contributed by atoms with van der Waals surface area (Å²) in [5.74, 6) is 1.56. The molecule has 0 aromatic heterocycles. The molecule has 0 radical (unpaired) electrons. The molecule has 1 aliphatic heterocycles. The van der Waals surface area contributed by atoms with Crippen molar-refractivity contribution >= 4 is 0 Å². The van der Waals surface area contributed by atoms with E-state index in [1.807, 2.05) is 0 Å². The van der Waals surface area contributed by atoms with Crippen molar-refractivity contribution in [2.75, 3.05) is 13.2 Å². The van der Waals surface area contributed by atoms with Gasteiger partial charge in [-0.1, -0.05) is 26.0 Å². The molecule has 1 aromatic carbocycles. The van der Waals surface area contributed by atoms with Crippen LogP contribution in [0.5, 0.6) is 5.75 Å². The van der Waals surface area contributed by atoms with E-state index in [4.69, 9.17) is 4.74 Å². The third-order valence-electron chi connectivity index (χ3n) is 2.27. The van der Waals surface area contributed by atoms with Gasteiger partial charge in [0.05, 0.1) is 6.61 Å². The molecule has 0 bridgehead atoms. The van der Waals surface area contributed by atoms with Gasteiger partial charge in [-0.25, -0.2) is 0 Å². The van der Waals surface area contributed by atoms with Crippen LogP contribution in [0, 0.1) is 5.92 Å². The zero-order valence-electron chi connectivity index (χ0n) is 8.79. The van der Waals surface area contributed by atoms with E-state index in [0.29, 0.717) is 12.0 Å². The van der Waals surface area contributed by atoms with Gasteiger partial charge in [-0.2, -0.15) is 0 Å². The Kier molecular flexibility index (Phi) is 2.73. The van der Waals surface area contributed by atoms with Crippen LogP contribution in [0.1, 0.15) is 25.5 Å². The molecule has 1 N–H and O–H groups in total. The molecule has 1 aromatic rings. The van der Waals surface area contributed by atoms with Crippen LogP contribution < -0.4 is 10.1 Å². The summed E-state index contributed by atoms with van der Waals surface area (Å²) >= 11 is 0. The van der Waals surface area contributed by atoms with Crippen molar-refractivity contribution in [3.8, 4) is 5.75 Å². The smallest absolute Gasteiger partial charge is 0.119 e. The molecule has 1 fully saturated rings. The highest BCUT2D eigenvalue weighted by atomic mass is 16.5. The van der Waals surface area contributed by atoms with E-state index in [9.17, 15) is 0 Å². The molecule has 0 amide bonds. The average Bonchev–Trinajstić information content (AvgIpc) is 2.99. The van der Waals surface area contributed by atoms with Crippen LogP contribution in [0.2, 0.25) is 0 Å². The van der Waals surface area contributed by atoms with Gasteiger partial charge in [-0.15, -0.1) is 0 Å². The molecule has 0 saturated carbocycles. The lowest BCUT2D eigenvalue weighted by Crippen LogP contribution is -2.04. The van der Waals surface area contributed by atoms with Gasteiger partial charge >= 0.3 is 0 Å². The van der Waals surface area contributed by atoms with Crippen LogP contribution in [0.15, 0.2) is 24.3 Å². The molecule has 2 nitrogen and oxygen atoms in total. The van der Waals surface area contributed by atoms with E-state index in [2.05, 4.69) is 43.4 Å². The third kappa shape index (κ3) is 2.48. The molecule has 76 valence electrons. The van der Waals surface area contributed by atoms with Gasteiger partial charge < -0.3 is 10.1 Å². The molecule has 0 unspecified atom stereocenters. The highest BCUT2D eigenvalue weighted by Crippen LogP contribution is 2.23. The Morgan fingerprint density at radius 3 is 2.50 bits per heavy atom. The zero-order valence-corrected chi connectivity index (χ0v) is 8.79. The van der Waals surface area contributed by atoms with Crippen LogP contribution in [-0.2, 0) is 0 Å². The third-order valence-corrected chi connectivity index (χ3v) is 2.27. The predicted octanol–water partition coefficient (Wildman–Crippen LogP) is 2.37. The maximum Gasteiger partial charge on any atom is 0.119 e. The van der Waals surface area contributed by atoms with E-state index in [1.165, 1.54) is 5.56 Å². The van der Waals surface area contributed by atoms with Gasteiger partial charge in [-0.05, 0) is 23.6 Å². The summed E-state index contributed by atoms with van der Waals surface area (Å²) < 4.78 is 5.60. The van der Waals surface area contributed by atoms with E-state index in [0.717, 1.165) is 18.9 Å². The highest BCUT2D eigenvalue weighted by molar-refractivity contribution is 5.31. The molecular weight excluding hydrogens is 174 g/mol. The zero-order chi connectivity index (χ0) is 9.97. The van der Waals surface area contributed by atoms with Gasteiger partial charge in [0.15, 0.2) is 0 Å². The first kappa shape index (κ1) is 9.53. The van der Waals surface area contributed by atoms with Crippen LogP contribution in [-0.4, -0.2) is 13.2 Å². The molecule has 0 aliphatic carbocycles. The fourth-order valence-corrected chi connectivity index (χ4v) is 1.35. The van der Waals surface area contributed by atoms with E-state index in [-0.39, 0.29) is 0 Å². The van der Waals surface area contributed by atoms with Crippen molar-refractivity contribution in [3.05, 3.63) is 29.8 Å². The summed E-state index contributed by atoms with van der Waals surface area (Å²) in [6.45, 7) is 6.22. The maximum absolute atomic E-state index is 5.60. The minimum absolute atomic E-state index is 0.583. The summed E-state index contributed by atoms with van der Waals surface area (Å²) in [6, 6.07) is 8.98. The second kappa shape index (κ2) is 4.01. The standard InChI is InChI=1S/C12H17NO/c1-9(2)8-14-11-5-3-10(4-6-11)12-7-13-12/h3-6,9,12-13H,7-8H2,1-2H3/t12-/m1/s1. The van der Waals surface area contributed by atoms with Crippen molar-refractivity contribution in [1.29, 1.82) is 0 Å². The van der Waals surface area contributed by atoms with Gasteiger partial charge in [0.2, 0.25) is 0 Å². The fourth-order valence-electron chi connectivity index (χ4n) is 1.35. The van der Waals surface area contributed by atoms with Crippen LogP contribution in [0.4, 0.5) is 0 Å². The number of hydrogen-bond donors (Lipinski definition) is 1. The van der Waals surface area contributed by atoms with Crippen LogP contribution in [0.3, 0.4) is 0 Å². The second-order valence-corrected chi connectivity index (χ2v) is 4.23. The van der Waals surface area contributed by atoms with E-state index < -0.39 is 0 Å².